The summed E-state index contributed by atoms with van der Waals surface area (Å²) < 4.78 is 5.51. The summed E-state index contributed by atoms with van der Waals surface area (Å²) in [6.07, 6.45) is 2.21. The van der Waals surface area contributed by atoms with Crippen LogP contribution in [-0.2, 0) is 9.59 Å². The van der Waals surface area contributed by atoms with Crippen LogP contribution in [0.2, 0.25) is 0 Å². The van der Waals surface area contributed by atoms with Gasteiger partial charge >= 0.3 is 0 Å². The molecule has 0 saturated carbocycles. The third-order valence-corrected chi connectivity index (χ3v) is 3.77. The van der Waals surface area contributed by atoms with Gasteiger partial charge < -0.3 is 20.0 Å². The largest absolute Gasteiger partial charge is 0.548 e. The van der Waals surface area contributed by atoms with Crippen molar-refractivity contribution in [1.29, 1.82) is 0 Å². The van der Waals surface area contributed by atoms with Crippen LogP contribution in [0.5, 0.6) is 5.75 Å². The summed E-state index contributed by atoms with van der Waals surface area (Å²) in [5.74, 6) is -0.187. The van der Waals surface area contributed by atoms with Gasteiger partial charge in [-0.2, -0.15) is 11.8 Å². The molecule has 22 heavy (non-hydrogen) atoms. The van der Waals surface area contributed by atoms with Gasteiger partial charge in [-0.05, 0) is 36.0 Å². The van der Waals surface area contributed by atoms with Gasteiger partial charge in [0.1, 0.15) is 5.75 Å². The fourth-order valence-electron chi connectivity index (χ4n) is 1.95. The van der Waals surface area contributed by atoms with Crippen LogP contribution in [-0.4, -0.2) is 36.5 Å². The summed E-state index contributed by atoms with van der Waals surface area (Å²) in [5.41, 5.74) is 1.01. The van der Waals surface area contributed by atoms with Crippen molar-refractivity contribution in [3.8, 4) is 5.75 Å². The number of amides is 1. The minimum atomic E-state index is -1.27. The number of carbonyl (C=O) groups is 2. The van der Waals surface area contributed by atoms with Crippen LogP contribution in [0, 0.1) is 0 Å². The van der Waals surface area contributed by atoms with Gasteiger partial charge in [0.2, 0.25) is 0 Å². The first-order valence-corrected chi connectivity index (χ1v) is 8.56. The van der Waals surface area contributed by atoms with E-state index in [1.165, 1.54) is 11.8 Å². The van der Waals surface area contributed by atoms with Crippen LogP contribution < -0.4 is 15.2 Å². The number of carboxylic acid groups (broad SMARTS) is 1. The number of thioether (sulfide) groups is 1. The molecule has 1 aromatic carbocycles. The van der Waals surface area contributed by atoms with Crippen molar-refractivity contribution in [2.24, 2.45) is 0 Å². The molecule has 5 nitrogen and oxygen atoms in total. The van der Waals surface area contributed by atoms with Crippen molar-refractivity contribution in [3.05, 3.63) is 29.8 Å². The van der Waals surface area contributed by atoms with E-state index in [4.69, 9.17) is 4.74 Å². The van der Waals surface area contributed by atoms with Crippen LogP contribution in [0.15, 0.2) is 24.3 Å². The van der Waals surface area contributed by atoms with Crippen molar-refractivity contribution in [2.45, 2.75) is 32.2 Å². The Bertz CT molecular complexity index is 505. The van der Waals surface area contributed by atoms with Crippen LogP contribution in [0.3, 0.4) is 0 Å². The Morgan fingerprint density at radius 2 is 2.00 bits per heavy atom. The number of carboxylic acids is 1. The molecular formula is C16H22NO4S-. The smallest absolute Gasteiger partial charge is 0.258 e. The van der Waals surface area contributed by atoms with Crippen LogP contribution in [0.4, 0.5) is 0 Å². The highest BCUT2D eigenvalue weighted by Gasteiger charge is 2.14. The quantitative estimate of drug-likeness (QED) is 0.738. The molecule has 0 aliphatic rings. The number of para-hydroxylation sites is 1. The summed E-state index contributed by atoms with van der Waals surface area (Å²) in [4.78, 5) is 22.8. The summed E-state index contributed by atoms with van der Waals surface area (Å²) in [7, 11) is 0. The molecule has 0 fully saturated rings. The molecule has 0 bridgehead atoms. The third-order valence-electron chi connectivity index (χ3n) is 3.13. The molecule has 6 heteroatoms. The molecule has 0 spiro atoms. The van der Waals surface area contributed by atoms with E-state index in [-0.39, 0.29) is 12.5 Å². The first kappa shape index (κ1) is 18.4. The van der Waals surface area contributed by atoms with Gasteiger partial charge in [0.05, 0.1) is 12.0 Å². The number of aliphatic carboxylic acids is 1. The molecule has 122 valence electrons. The molecule has 1 N–H and O–H groups in total. The predicted molar refractivity (Wildman–Crippen MR) is 86.0 cm³/mol. The minimum absolute atomic E-state index is 0.215. The lowest BCUT2D eigenvalue weighted by Gasteiger charge is -2.20. The average molecular weight is 324 g/mol. The number of hydrogen-bond acceptors (Lipinski definition) is 5. The molecule has 1 aromatic rings. The summed E-state index contributed by atoms with van der Waals surface area (Å²) >= 11 is 1.52. The molecule has 0 saturated heterocycles. The standard InChI is InChI=1S/C16H23NO4S/c1-11(2)12-6-4-5-7-14(12)21-10-15(18)17-13(16(19)20)8-9-22-3/h4-7,11,13H,8-10H2,1-3H3,(H,17,18)(H,19,20)/p-1/t13-/m1/s1. The van der Waals surface area contributed by atoms with Crippen LogP contribution >= 0.6 is 11.8 Å². The van der Waals surface area contributed by atoms with E-state index < -0.39 is 17.9 Å². The second-order valence-electron chi connectivity index (χ2n) is 5.20. The lowest BCUT2D eigenvalue weighted by molar-refractivity contribution is -0.308. The maximum Gasteiger partial charge on any atom is 0.258 e. The highest BCUT2D eigenvalue weighted by Crippen LogP contribution is 2.25. The van der Waals surface area contributed by atoms with E-state index in [2.05, 4.69) is 5.32 Å². The molecular weight excluding hydrogens is 302 g/mol. The van der Waals surface area contributed by atoms with Gasteiger partial charge in [0.15, 0.2) is 6.61 Å². The zero-order valence-electron chi connectivity index (χ0n) is 13.1. The highest BCUT2D eigenvalue weighted by molar-refractivity contribution is 7.98. The summed E-state index contributed by atoms with van der Waals surface area (Å²) in [5, 5.41) is 13.4. The highest BCUT2D eigenvalue weighted by atomic mass is 32.2. The Labute approximate surface area is 135 Å². The number of hydrogen-bond donors (Lipinski definition) is 1. The second kappa shape index (κ2) is 9.35. The van der Waals surface area contributed by atoms with Crippen molar-refractivity contribution < 1.29 is 19.4 Å². The number of nitrogens with one attached hydrogen (secondary N) is 1. The zero-order valence-corrected chi connectivity index (χ0v) is 13.9. The van der Waals surface area contributed by atoms with Crippen LogP contribution in [0.25, 0.3) is 0 Å². The first-order chi connectivity index (χ1) is 10.5. The summed E-state index contributed by atoms with van der Waals surface area (Å²) in [6, 6.07) is 6.51. The SMILES string of the molecule is CSCC[C@@H](NC(=O)COc1ccccc1C(C)C)C(=O)[O-]. The fourth-order valence-corrected chi connectivity index (χ4v) is 2.42. The van der Waals surface area contributed by atoms with Gasteiger partial charge in [-0.1, -0.05) is 32.0 Å². The number of rotatable bonds is 9. The summed E-state index contributed by atoms with van der Waals surface area (Å²) in [6.45, 7) is 3.86. The monoisotopic (exact) mass is 324 g/mol. The molecule has 1 amide bonds. The Morgan fingerprint density at radius 1 is 1.32 bits per heavy atom. The Morgan fingerprint density at radius 3 is 2.59 bits per heavy atom. The van der Waals surface area contributed by atoms with E-state index in [0.29, 0.717) is 17.9 Å². The predicted octanol–water partition coefficient (Wildman–Crippen LogP) is 1.18. The molecule has 0 unspecified atom stereocenters. The molecule has 0 aromatic heterocycles. The Hall–Kier alpha value is -1.69. The average Bonchev–Trinajstić information content (AvgIpc) is 2.49. The second-order valence-corrected chi connectivity index (χ2v) is 6.19. The van der Waals surface area contributed by atoms with Crippen molar-refractivity contribution in [3.63, 3.8) is 0 Å². The number of carbonyl (C=O) groups excluding carboxylic acids is 2. The van der Waals surface area contributed by atoms with E-state index in [0.717, 1.165) is 5.56 Å². The van der Waals surface area contributed by atoms with Gasteiger partial charge in [0.25, 0.3) is 5.91 Å². The van der Waals surface area contributed by atoms with Crippen LogP contribution in [0.1, 0.15) is 31.7 Å². The third kappa shape index (κ3) is 5.97. The maximum absolute atomic E-state index is 11.8. The van der Waals surface area contributed by atoms with E-state index in [1.54, 1.807) is 6.07 Å². The topological polar surface area (TPSA) is 78.5 Å². The van der Waals surface area contributed by atoms with E-state index in [1.807, 2.05) is 38.3 Å². The van der Waals surface area contributed by atoms with Gasteiger partial charge in [0, 0.05) is 0 Å². The molecule has 0 aliphatic carbocycles. The van der Waals surface area contributed by atoms with Crippen molar-refractivity contribution in [2.75, 3.05) is 18.6 Å². The molecule has 0 radical (unpaired) electrons. The van der Waals surface area contributed by atoms with Gasteiger partial charge in [-0.15, -0.1) is 0 Å². The number of benzene rings is 1. The lowest BCUT2D eigenvalue weighted by Crippen LogP contribution is -2.49. The van der Waals surface area contributed by atoms with Crippen molar-refractivity contribution in [1.82, 2.24) is 5.32 Å². The molecule has 1 rings (SSSR count). The molecule has 0 heterocycles. The Kier molecular flexibility index (Phi) is 7.80. The first-order valence-electron chi connectivity index (χ1n) is 7.16. The number of ether oxygens (including phenoxy) is 1. The van der Waals surface area contributed by atoms with Gasteiger partial charge in [-0.3, -0.25) is 4.79 Å². The Balaban J connectivity index is 2.57. The van der Waals surface area contributed by atoms with E-state index in [9.17, 15) is 14.7 Å². The van der Waals surface area contributed by atoms with Crippen molar-refractivity contribution >= 4 is 23.6 Å². The molecule has 1 atom stereocenters. The molecule has 0 aliphatic heterocycles. The lowest BCUT2D eigenvalue weighted by atomic mass is 10.0. The normalized spacial score (nSPS) is 12.0. The van der Waals surface area contributed by atoms with E-state index >= 15 is 0 Å². The van der Waals surface area contributed by atoms with Gasteiger partial charge in [-0.25, -0.2) is 0 Å². The maximum atomic E-state index is 11.8. The minimum Gasteiger partial charge on any atom is -0.548 e. The fraction of sp³-hybridized carbons (Fsp3) is 0.500. The zero-order chi connectivity index (χ0) is 16.5.